The normalized spacial score (nSPS) is 12.3. The molecule has 0 amide bonds. The maximum absolute atomic E-state index is 3.57. The van der Waals surface area contributed by atoms with Crippen molar-refractivity contribution < 1.29 is 0 Å². The quantitative estimate of drug-likeness (QED) is 0.221. The molecule has 0 atom stereocenters. The molecule has 9 rings (SSSR count). The number of nitrogens with zero attached hydrogens (tertiary/aromatic N) is 1. The van der Waals surface area contributed by atoms with Gasteiger partial charge in [-0.15, -0.1) is 0 Å². The van der Waals surface area contributed by atoms with E-state index in [4.69, 9.17) is 0 Å². The molecule has 2 nitrogen and oxygen atoms in total. The average Bonchev–Trinajstić information content (AvgIpc) is 3.49. The van der Waals surface area contributed by atoms with Gasteiger partial charge in [0.2, 0.25) is 0 Å². The SMILES string of the molecule is c1ccc(-c2cc(-c3ccccc3)cc(N3c4ccccc4Cc4cc(-c5ccc6[nH]c7ccccc7c6c5)ccc43)c2)cc1. The van der Waals surface area contributed by atoms with Crippen LogP contribution in [0.4, 0.5) is 17.1 Å². The van der Waals surface area contributed by atoms with Crippen LogP contribution in [0.15, 0.2) is 164 Å². The number of aromatic nitrogens is 1. The Morgan fingerprint density at radius 1 is 0.378 bits per heavy atom. The molecular formula is C43H30N2. The summed E-state index contributed by atoms with van der Waals surface area (Å²) in [4.78, 5) is 6.03. The Morgan fingerprint density at radius 2 is 0.978 bits per heavy atom. The van der Waals surface area contributed by atoms with Crippen LogP contribution in [0.25, 0.3) is 55.2 Å². The smallest absolute Gasteiger partial charge is 0.0497 e. The number of fused-ring (bicyclic) bond motifs is 5. The minimum absolute atomic E-state index is 0.898. The lowest BCUT2D eigenvalue weighted by Gasteiger charge is -2.34. The highest BCUT2D eigenvalue weighted by atomic mass is 15.2. The van der Waals surface area contributed by atoms with Crippen LogP contribution in [0, 0.1) is 0 Å². The van der Waals surface area contributed by atoms with Crippen LogP contribution in [-0.4, -0.2) is 4.98 Å². The van der Waals surface area contributed by atoms with Gasteiger partial charge < -0.3 is 9.88 Å². The van der Waals surface area contributed by atoms with Crippen molar-refractivity contribution in [3.8, 4) is 33.4 Å². The van der Waals surface area contributed by atoms with E-state index in [1.807, 2.05) is 0 Å². The number of hydrogen-bond acceptors (Lipinski definition) is 1. The van der Waals surface area contributed by atoms with Crippen molar-refractivity contribution >= 4 is 38.9 Å². The van der Waals surface area contributed by atoms with Crippen molar-refractivity contribution in [2.24, 2.45) is 0 Å². The molecule has 0 unspecified atom stereocenters. The monoisotopic (exact) mass is 574 g/mol. The summed E-state index contributed by atoms with van der Waals surface area (Å²) in [6.45, 7) is 0. The van der Waals surface area contributed by atoms with Crippen LogP contribution in [0.2, 0.25) is 0 Å². The van der Waals surface area contributed by atoms with Crippen molar-refractivity contribution in [2.45, 2.75) is 6.42 Å². The molecule has 1 aliphatic rings. The van der Waals surface area contributed by atoms with Gasteiger partial charge in [-0.3, -0.25) is 0 Å². The standard InChI is InChI=1S/C43H30N2/c1-3-11-29(12-4-1)34-25-35(30-13-5-2-6-14-30)27-37(26-34)45-42-18-10-7-15-33(42)24-36-23-31(20-22-43(36)45)32-19-21-41-39(28-32)38-16-8-9-17-40(38)44-41/h1-23,25-28,44H,24H2. The number of nitrogens with one attached hydrogen (secondary N) is 1. The van der Waals surface area contributed by atoms with Crippen molar-refractivity contribution in [3.63, 3.8) is 0 Å². The minimum atomic E-state index is 0.898. The molecule has 0 spiro atoms. The summed E-state index contributed by atoms with van der Waals surface area (Å²) in [5.74, 6) is 0. The number of aromatic amines is 1. The van der Waals surface area contributed by atoms with Gasteiger partial charge in [0.15, 0.2) is 0 Å². The number of anilines is 3. The van der Waals surface area contributed by atoms with E-state index in [9.17, 15) is 0 Å². The fourth-order valence-corrected chi connectivity index (χ4v) is 6.98. The van der Waals surface area contributed by atoms with Gasteiger partial charge in [-0.1, -0.05) is 109 Å². The van der Waals surface area contributed by atoms with Gasteiger partial charge in [-0.05, 0) is 99.1 Å². The zero-order valence-electron chi connectivity index (χ0n) is 24.7. The molecular weight excluding hydrogens is 544 g/mol. The van der Waals surface area contributed by atoms with Gasteiger partial charge in [0.05, 0.1) is 0 Å². The fourth-order valence-electron chi connectivity index (χ4n) is 6.98. The number of H-pyrrole nitrogens is 1. The molecule has 8 aromatic rings. The first kappa shape index (κ1) is 25.6. The van der Waals surface area contributed by atoms with Crippen molar-refractivity contribution in [3.05, 3.63) is 175 Å². The molecule has 0 saturated carbocycles. The molecule has 45 heavy (non-hydrogen) atoms. The summed E-state index contributed by atoms with van der Waals surface area (Å²) in [6.07, 6.45) is 0.898. The third-order valence-corrected chi connectivity index (χ3v) is 9.16. The third-order valence-electron chi connectivity index (χ3n) is 9.16. The topological polar surface area (TPSA) is 19.0 Å². The fraction of sp³-hybridized carbons (Fsp3) is 0.0233. The zero-order chi connectivity index (χ0) is 29.7. The summed E-state index contributed by atoms with van der Waals surface area (Å²) in [5.41, 5.74) is 16.0. The van der Waals surface area contributed by atoms with E-state index in [0.29, 0.717) is 0 Å². The molecule has 0 aliphatic carbocycles. The Labute approximate surface area is 262 Å². The molecule has 2 heterocycles. The molecule has 7 aromatic carbocycles. The maximum Gasteiger partial charge on any atom is 0.0497 e. The Morgan fingerprint density at radius 3 is 1.76 bits per heavy atom. The number of benzene rings is 7. The molecule has 0 fully saturated rings. The van der Waals surface area contributed by atoms with E-state index in [2.05, 4.69) is 174 Å². The van der Waals surface area contributed by atoms with E-state index in [1.165, 1.54) is 77.7 Å². The van der Waals surface area contributed by atoms with E-state index >= 15 is 0 Å². The molecule has 1 aromatic heterocycles. The Hall–Kier alpha value is -5.86. The summed E-state index contributed by atoms with van der Waals surface area (Å²) < 4.78 is 0. The van der Waals surface area contributed by atoms with E-state index in [0.717, 1.165) is 12.1 Å². The van der Waals surface area contributed by atoms with Gasteiger partial charge in [0, 0.05) is 45.3 Å². The first-order valence-corrected chi connectivity index (χ1v) is 15.6. The van der Waals surface area contributed by atoms with Gasteiger partial charge in [0.25, 0.3) is 0 Å². The van der Waals surface area contributed by atoms with Crippen molar-refractivity contribution in [1.29, 1.82) is 0 Å². The van der Waals surface area contributed by atoms with Gasteiger partial charge >= 0.3 is 0 Å². The minimum Gasteiger partial charge on any atom is -0.355 e. The molecule has 2 heteroatoms. The zero-order valence-corrected chi connectivity index (χ0v) is 24.7. The first-order chi connectivity index (χ1) is 22.3. The van der Waals surface area contributed by atoms with Gasteiger partial charge in [-0.2, -0.15) is 0 Å². The summed E-state index contributed by atoms with van der Waals surface area (Å²) in [5, 5.41) is 2.53. The van der Waals surface area contributed by atoms with Gasteiger partial charge in [0.1, 0.15) is 0 Å². The lowest BCUT2D eigenvalue weighted by Crippen LogP contribution is -2.18. The van der Waals surface area contributed by atoms with Crippen LogP contribution in [0.3, 0.4) is 0 Å². The lowest BCUT2D eigenvalue weighted by molar-refractivity contribution is 1.09. The highest BCUT2D eigenvalue weighted by molar-refractivity contribution is 6.08. The summed E-state index contributed by atoms with van der Waals surface area (Å²) in [7, 11) is 0. The average molecular weight is 575 g/mol. The Balaban J connectivity index is 1.21. The van der Waals surface area contributed by atoms with Crippen LogP contribution in [0.1, 0.15) is 11.1 Å². The second-order valence-corrected chi connectivity index (χ2v) is 11.9. The number of para-hydroxylation sites is 2. The predicted molar refractivity (Wildman–Crippen MR) is 190 cm³/mol. The highest BCUT2D eigenvalue weighted by Gasteiger charge is 2.25. The summed E-state index contributed by atoms with van der Waals surface area (Å²) in [6, 6.07) is 59.6. The van der Waals surface area contributed by atoms with Crippen LogP contribution in [-0.2, 0) is 6.42 Å². The molecule has 212 valence electrons. The van der Waals surface area contributed by atoms with Gasteiger partial charge in [-0.25, -0.2) is 0 Å². The second kappa shape index (κ2) is 10.4. The van der Waals surface area contributed by atoms with E-state index in [1.54, 1.807) is 0 Å². The molecule has 0 saturated heterocycles. The second-order valence-electron chi connectivity index (χ2n) is 11.9. The maximum atomic E-state index is 3.57. The molecule has 1 N–H and O–H groups in total. The van der Waals surface area contributed by atoms with Crippen molar-refractivity contribution in [1.82, 2.24) is 4.98 Å². The molecule has 0 radical (unpaired) electrons. The van der Waals surface area contributed by atoms with Crippen LogP contribution in [0.5, 0.6) is 0 Å². The van der Waals surface area contributed by atoms with Crippen molar-refractivity contribution in [2.75, 3.05) is 4.90 Å². The summed E-state index contributed by atoms with van der Waals surface area (Å²) >= 11 is 0. The highest BCUT2D eigenvalue weighted by Crippen LogP contribution is 2.47. The van der Waals surface area contributed by atoms with Crippen LogP contribution >= 0.6 is 0 Å². The molecule has 1 aliphatic heterocycles. The predicted octanol–water partition coefficient (Wildman–Crippen LogP) is 11.7. The van der Waals surface area contributed by atoms with Crippen LogP contribution < -0.4 is 4.90 Å². The van der Waals surface area contributed by atoms with E-state index < -0.39 is 0 Å². The lowest BCUT2D eigenvalue weighted by atomic mass is 9.91. The largest absolute Gasteiger partial charge is 0.355 e. The van der Waals surface area contributed by atoms with E-state index in [-0.39, 0.29) is 0 Å². The number of hydrogen-bond donors (Lipinski definition) is 1. The Kier molecular flexibility index (Phi) is 5.92. The third kappa shape index (κ3) is 4.42. The first-order valence-electron chi connectivity index (χ1n) is 15.6. The number of rotatable bonds is 4. The molecule has 0 bridgehead atoms. The Bertz CT molecular complexity index is 2290.